The van der Waals surface area contributed by atoms with E-state index in [0.717, 1.165) is 6.42 Å². The summed E-state index contributed by atoms with van der Waals surface area (Å²) in [5, 5.41) is 2.85. The molecule has 0 saturated carbocycles. The zero-order valence-corrected chi connectivity index (χ0v) is 9.99. The van der Waals surface area contributed by atoms with E-state index in [4.69, 9.17) is 5.73 Å². The van der Waals surface area contributed by atoms with Gasteiger partial charge in [-0.15, -0.1) is 0 Å². The molecule has 0 fully saturated rings. The Morgan fingerprint density at radius 1 is 1.44 bits per heavy atom. The number of carbonyl (C=O) groups excluding carboxylic acids is 1. The fourth-order valence-electron chi connectivity index (χ4n) is 1.53. The van der Waals surface area contributed by atoms with Crippen LogP contribution in [-0.4, -0.2) is 18.5 Å². The SMILES string of the molecule is CC[C@@H](N)C(=O)NCCc1ccccc1C. The first-order valence-electron chi connectivity index (χ1n) is 5.73. The third kappa shape index (κ3) is 3.66. The second-order valence-corrected chi connectivity index (χ2v) is 3.98. The van der Waals surface area contributed by atoms with Crippen LogP contribution in [0.5, 0.6) is 0 Å². The lowest BCUT2D eigenvalue weighted by Crippen LogP contribution is -2.40. The zero-order chi connectivity index (χ0) is 12.0. The van der Waals surface area contributed by atoms with E-state index in [9.17, 15) is 4.79 Å². The average molecular weight is 220 g/mol. The summed E-state index contributed by atoms with van der Waals surface area (Å²) >= 11 is 0. The summed E-state index contributed by atoms with van der Waals surface area (Å²) in [7, 11) is 0. The molecule has 0 heterocycles. The molecule has 0 aliphatic heterocycles. The van der Waals surface area contributed by atoms with Crippen LogP contribution in [0, 0.1) is 6.92 Å². The first-order valence-corrected chi connectivity index (χ1v) is 5.73. The van der Waals surface area contributed by atoms with Gasteiger partial charge in [-0.2, -0.15) is 0 Å². The summed E-state index contributed by atoms with van der Waals surface area (Å²) in [6.07, 6.45) is 1.53. The predicted octanol–water partition coefficient (Wildman–Crippen LogP) is 1.39. The van der Waals surface area contributed by atoms with Crippen molar-refractivity contribution in [2.24, 2.45) is 5.73 Å². The molecule has 1 aromatic carbocycles. The predicted molar refractivity (Wildman–Crippen MR) is 66.2 cm³/mol. The Kier molecular flexibility index (Phi) is 4.99. The van der Waals surface area contributed by atoms with Crippen LogP contribution in [-0.2, 0) is 11.2 Å². The van der Waals surface area contributed by atoms with Crippen molar-refractivity contribution < 1.29 is 4.79 Å². The minimum Gasteiger partial charge on any atom is -0.354 e. The first-order chi connectivity index (χ1) is 7.65. The van der Waals surface area contributed by atoms with Gasteiger partial charge in [0.2, 0.25) is 5.91 Å². The molecule has 1 rings (SSSR count). The quantitative estimate of drug-likeness (QED) is 0.788. The second-order valence-electron chi connectivity index (χ2n) is 3.98. The van der Waals surface area contributed by atoms with E-state index >= 15 is 0 Å². The van der Waals surface area contributed by atoms with Gasteiger partial charge < -0.3 is 11.1 Å². The third-order valence-electron chi connectivity index (χ3n) is 2.73. The summed E-state index contributed by atoms with van der Waals surface area (Å²) in [6.45, 7) is 4.64. The number of benzene rings is 1. The van der Waals surface area contributed by atoms with Crippen molar-refractivity contribution in [2.75, 3.05) is 6.54 Å². The van der Waals surface area contributed by atoms with Gasteiger partial charge in [0.1, 0.15) is 0 Å². The average Bonchev–Trinajstić information content (AvgIpc) is 2.30. The first kappa shape index (κ1) is 12.7. The maximum absolute atomic E-state index is 11.4. The summed E-state index contributed by atoms with van der Waals surface area (Å²) in [5.74, 6) is -0.0592. The molecule has 1 aromatic rings. The Morgan fingerprint density at radius 2 is 2.12 bits per heavy atom. The highest BCUT2D eigenvalue weighted by molar-refractivity contribution is 5.81. The number of carbonyl (C=O) groups is 1. The minimum absolute atomic E-state index is 0.0592. The van der Waals surface area contributed by atoms with Gasteiger partial charge in [-0.05, 0) is 30.9 Å². The molecule has 88 valence electrons. The lowest BCUT2D eigenvalue weighted by molar-refractivity contribution is -0.122. The van der Waals surface area contributed by atoms with E-state index in [2.05, 4.69) is 24.4 Å². The van der Waals surface area contributed by atoms with Gasteiger partial charge in [-0.1, -0.05) is 31.2 Å². The van der Waals surface area contributed by atoms with Crippen LogP contribution >= 0.6 is 0 Å². The van der Waals surface area contributed by atoms with Gasteiger partial charge >= 0.3 is 0 Å². The van der Waals surface area contributed by atoms with Gasteiger partial charge in [0, 0.05) is 6.54 Å². The number of hydrogen-bond acceptors (Lipinski definition) is 2. The third-order valence-corrected chi connectivity index (χ3v) is 2.73. The number of nitrogens with two attached hydrogens (primary N) is 1. The van der Waals surface area contributed by atoms with E-state index < -0.39 is 0 Å². The highest BCUT2D eigenvalue weighted by atomic mass is 16.2. The molecule has 0 radical (unpaired) electrons. The van der Waals surface area contributed by atoms with Crippen LogP contribution in [0.25, 0.3) is 0 Å². The van der Waals surface area contributed by atoms with Crippen LogP contribution in [0.15, 0.2) is 24.3 Å². The van der Waals surface area contributed by atoms with Gasteiger partial charge in [0.15, 0.2) is 0 Å². The molecule has 0 aliphatic carbocycles. The Balaban J connectivity index is 2.36. The Labute approximate surface area is 97.0 Å². The maximum atomic E-state index is 11.4. The Morgan fingerprint density at radius 3 is 2.75 bits per heavy atom. The Hall–Kier alpha value is -1.35. The molecule has 16 heavy (non-hydrogen) atoms. The van der Waals surface area contributed by atoms with Crippen molar-refractivity contribution in [1.29, 1.82) is 0 Å². The van der Waals surface area contributed by atoms with Gasteiger partial charge in [-0.3, -0.25) is 4.79 Å². The normalized spacial score (nSPS) is 12.2. The minimum atomic E-state index is -0.378. The highest BCUT2D eigenvalue weighted by Gasteiger charge is 2.09. The summed E-state index contributed by atoms with van der Waals surface area (Å²) in [4.78, 5) is 11.4. The molecule has 0 unspecified atom stereocenters. The van der Waals surface area contributed by atoms with Crippen LogP contribution in [0.1, 0.15) is 24.5 Å². The molecule has 1 atom stereocenters. The lowest BCUT2D eigenvalue weighted by Gasteiger charge is -2.10. The number of amides is 1. The highest BCUT2D eigenvalue weighted by Crippen LogP contribution is 2.06. The number of rotatable bonds is 5. The van der Waals surface area contributed by atoms with Crippen molar-refractivity contribution in [1.82, 2.24) is 5.32 Å². The lowest BCUT2D eigenvalue weighted by atomic mass is 10.1. The second kappa shape index (κ2) is 6.28. The van der Waals surface area contributed by atoms with Gasteiger partial charge in [0.05, 0.1) is 6.04 Å². The molecule has 1 amide bonds. The molecular weight excluding hydrogens is 200 g/mol. The fourth-order valence-corrected chi connectivity index (χ4v) is 1.53. The van der Waals surface area contributed by atoms with E-state index in [1.807, 2.05) is 19.1 Å². The summed E-state index contributed by atoms with van der Waals surface area (Å²) in [6, 6.07) is 7.82. The molecular formula is C13H20N2O. The molecule has 0 aromatic heterocycles. The molecule has 0 spiro atoms. The van der Waals surface area contributed by atoms with Gasteiger partial charge in [-0.25, -0.2) is 0 Å². The van der Waals surface area contributed by atoms with Gasteiger partial charge in [0.25, 0.3) is 0 Å². The van der Waals surface area contributed by atoms with Crippen LogP contribution in [0.4, 0.5) is 0 Å². The van der Waals surface area contributed by atoms with Crippen LogP contribution in [0.3, 0.4) is 0 Å². The van der Waals surface area contributed by atoms with E-state index in [0.29, 0.717) is 13.0 Å². The largest absolute Gasteiger partial charge is 0.354 e. The standard InChI is InChI=1S/C13H20N2O/c1-3-12(14)13(16)15-9-8-11-7-5-4-6-10(11)2/h4-7,12H,3,8-9,14H2,1-2H3,(H,15,16)/t12-/m1/s1. The Bertz CT molecular complexity index is 350. The number of nitrogens with one attached hydrogen (secondary N) is 1. The molecule has 0 saturated heterocycles. The molecule has 3 N–H and O–H groups in total. The molecule has 3 heteroatoms. The van der Waals surface area contributed by atoms with Crippen molar-refractivity contribution >= 4 is 5.91 Å². The molecule has 0 aliphatic rings. The van der Waals surface area contributed by atoms with E-state index in [1.165, 1.54) is 11.1 Å². The van der Waals surface area contributed by atoms with E-state index in [-0.39, 0.29) is 11.9 Å². The topological polar surface area (TPSA) is 55.1 Å². The molecule has 0 bridgehead atoms. The maximum Gasteiger partial charge on any atom is 0.236 e. The summed E-state index contributed by atoms with van der Waals surface area (Å²) in [5.41, 5.74) is 8.15. The van der Waals surface area contributed by atoms with Crippen LogP contribution in [0.2, 0.25) is 0 Å². The smallest absolute Gasteiger partial charge is 0.236 e. The van der Waals surface area contributed by atoms with Crippen molar-refractivity contribution in [2.45, 2.75) is 32.7 Å². The number of aryl methyl sites for hydroxylation is 1. The van der Waals surface area contributed by atoms with Crippen molar-refractivity contribution in [3.8, 4) is 0 Å². The monoisotopic (exact) mass is 220 g/mol. The van der Waals surface area contributed by atoms with Crippen molar-refractivity contribution in [3.63, 3.8) is 0 Å². The van der Waals surface area contributed by atoms with Crippen LogP contribution < -0.4 is 11.1 Å². The number of hydrogen-bond donors (Lipinski definition) is 2. The van der Waals surface area contributed by atoms with Crippen molar-refractivity contribution in [3.05, 3.63) is 35.4 Å². The zero-order valence-electron chi connectivity index (χ0n) is 9.99. The fraction of sp³-hybridized carbons (Fsp3) is 0.462. The summed E-state index contributed by atoms with van der Waals surface area (Å²) < 4.78 is 0. The molecule has 3 nitrogen and oxygen atoms in total. The van der Waals surface area contributed by atoms with E-state index in [1.54, 1.807) is 0 Å².